The van der Waals surface area contributed by atoms with Gasteiger partial charge >= 0.3 is 0 Å². The fraction of sp³-hybridized carbons (Fsp3) is 0.882. The lowest BCUT2D eigenvalue weighted by Gasteiger charge is -2.48. The van der Waals surface area contributed by atoms with Crippen LogP contribution in [0.5, 0.6) is 0 Å². The monoisotopic (exact) mass is 328 g/mol. The molecule has 3 aliphatic rings. The molecular formula is C17H28O6. The van der Waals surface area contributed by atoms with Gasteiger partial charge in [-0.05, 0) is 40.5 Å². The molecule has 6 heteroatoms. The number of unbranched alkanes of at least 4 members (excludes halogenated alkanes) is 1. The summed E-state index contributed by atoms with van der Waals surface area (Å²) in [5.74, 6) is -1.33. The Morgan fingerprint density at radius 1 is 1.04 bits per heavy atom. The maximum absolute atomic E-state index is 6.09. The topological polar surface area (TPSA) is 55.4 Å². The van der Waals surface area contributed by atoms with Gasteiger partial charge in [0.25, 0.3) is 0 Å². The summed E-state index contributed by atoms with van der Waals surface area (Å²) in [6.45, 7) is 12.4. The standard InChI is InChI=1S/C17H28O6/c1-6-7-8-9-18-15-14-13(22-17(4,5)23-14)12-11(20-15)10-19-16(2,3)21-12/h6,11-15H,1,7-10H2,2-5H3/t11-,12-,13+,14+,15+/m1/s1. The van der Waals surface area contributed by atoms with E-state index < -0.39 is 17.9 Å². The molecule has 0 aromatic carbocycles. The van der Waals surface area contributed by atoms with Crippen LogP contribution in [-0.2, 0) is 28.4 Å². The van der Waals surface area contributed by atoms with E-state index in [9.17, 15) is 0 Å². The predicted octanol–water partition coefficient (Wildman–Crippen LogP) is 2.37. The molecule has 3 heterocycles. The lowest BCUT2D eigenvalue weighted by Crippen LogP contribution is -2.63. The molecule has 5 atom stereocenters. The zero-order chi connectivity index (χ0) is 16.7. The highest BCUT2D eigenvalue weighted by atomic mass is 16.8. The Hall–Kier alpha value is -0.500. The van der Waals surface area contributed by atoms with Gasteiger partial charge in [-0.25, -0.2) is 0 Å². The molecule has 3 aliphatic heterocycles. The first-order chi connectivity index (χ1) is 10.8. The zero-order valence-electron chi connectivity index (χ0n) is 14.4. The minimum Gasteiger partial charge on any atom is -0.350 e. The van der Waals surface area contributed by atoms with Crippen LogP contribution in [0.1, 0.15) is 40.5 Å². The van der Waals surface area contributed by atoms with E-state index in [4.69, 9.17) is 28.4 Å². The molecule has 0 aliphatic carbocycles. The van der Waals surface area contributed by atoms with Crippen LogP contribution < -0.4 is 0 Å². The van der Waals surface area contributed by atoms with E-state index >= 15 is 0 Å². The molecule has 3 saturated heterocycles. The summed E-state index contributed by atoms with van der Waals surface area (Å²) >= 11 is 0. The maximum atomic E-state index is 6.09. The van der Waals surface area contributed by atoms with Crippen molar-refractivity contribution >= 4 is 0 Å². The number of hydrogen-bond donors (Lipinski definition) is 0. The summed E-state index contributed by atoms with van der Waals surface area (Å²) in [5, 5.41) is 0. The van der Waals surface area contributed by atoms with Crippen LogP contribution in [-0.4, -0.2) is 55.5 Å². The highest BCUT2D eigenvalue weighted by Crippen LogP contribution is 2.42. The minimum absolute atomic E-state index is 0.217. The van der Waals surface area contributed by atoms with Crippen LogP contribution in [0.3, 0.4) is 0 Å². The summed E-state index contributed by atoms with van der Waals surface area (Å²) in [4.78, 5) is 0. The van der Waals surface area contributed by atoms with Crippen LogP contribution in [0.4, 0.5) is 0 Å². The Morgan fingerprint density at radius 2 is 1.74 bits per heavy atom. The van der Waals surface area contributed by atoms with Crippen molar-refractivity contribution in [1.82, 2.24) is 0 Å². The van der Waals surface area contributed by atoms with Crippen molar-refractivity contribution < 1.29 is 28.4 Å². The minimum atomic E-state index is -0.678. The summed E-state index contributed by atoms with van der Waals surface area (Å²) < 4.78 is 35.9. The second-order valence-electron chi connectivity index (χ2n) is 7.20. The Labute approximate surface area is 138 Å². The lowest BCUT2D eigenvalue weighted by atomic mass is 9.97. The Morgan fingerprint density at radius 3 is 2.48 bits per heavy atom. The third-order valence-corrected chi connectivity index (χ3v) is 4.28. The Balaban J connectivity index is 1.71. The molecule has 0 saturated carbocycles. The van der Waals surface area contributed by atoms with Crippen molar-refractivity contribution in [2.45, 2.75) is 82.8 Å². The quantitative estimate of drug-likeness (QED) is 0.570. The van der Waals surface area contributed by atoms with Crippen molar-refractivity contribution in [3.8, 4) is 0 Å². The van der Waals surface area contributed by atoms with E-state index in [0.29, 0.717) is 13.2 Å². The molecule has 0 aromatic heterocycles. The van der Waals surface area contributed by atoms with E-state index in [1.807, 2.05) is 33.8 Å². The fourth-order valence-electron chi connectivity index (χ4n) is 3.30. The van der Waals surface area contributed by atoms with E-state index in [0.717, 1.165) is 12.8 Å². The van der Waals surface area contributed by atoms with E-state index in [-0.39, 0.29) is 24.4 Å². The van der Waals surface area contributed by atoms with Crippen molar-refractivity contribution in [3.63, 3.8) is 0 Å². The van der Waals surface area contributed by atoms with Gasteiger partial charge in [-0.15, -0.1) is 6.58 Å². The first-order valence-electron chi connectivity index (χ1n) is 8.37. The molecule has 3 rings (SSSR count). The van der Waals surface area contributed by atoms with Crippen LogP contribution in [0.25, 0.3) is 0 Å². The maximum Gasteiger partial charge on any atom is 0.187 e. The van der Waals surface area contributed by atoms with Crippen molar-refractivity contribution in [1.29, 1.82) is 0 Å². The SMILES string of the molecule is C=CCCCO[C@H]1O[C@@H]2COC(C)(C)O[C@H]2[C@@H]2OC(C)(C)O[C@H]12. The largest absolute Gasteiger partial charge is 0.350 e. The molecule has 0 aromatic rings. The van der Waals surface area contributed by atoms with Gasteiger partial charge in [0.2, 0.25) is 0 Å². The van der Waals surface area contributed by atoms with Crippen LogP contribution >= 0.6 is 0 Å². The van der Waals surface area contributed by atoms with E-state index in [1.165, 1.54) is 0 Å². The number of hydrogen-bond acceptors (Lipinski definition) is 6. The van der Waals surface area contributed by atoms with Crippen molar-refractivity contribution in [3.05, 3.63) is 12.7 Å². The zero-order valence-corrected chi connectivity index (χ0v) is 14.4. The number of ether oxygens (including phenoxy) is 6. The number of allylic oxidation sites excluding steroid dienone is 1. The summed E-state index contributed by atoms with van der Waals surface area (Å²) in [6.07, 6.45) is 2.26. The van der Waals surface area contributed by atoms with E-state index in [1.54, 1.807) is 0 Å². The molecular weight excluding hydrogens is 300 g/mol. The van der Waals surface area contributed by atoms with Crippen molar-refractivity contribution in [2.24, 2.45) is 0 Å². The molecule has 0 amide bonds. The van der Waals surface area contributed by atoms with Gasteiger partial charge in [-0.1, -0.05) is 6.08 Å². The second-order valence-corrected chi connectivity index (χ2v) is 7.20. The first-order valence-corrected chi connectivity index (χ1v) is 8.37. The van der Waals surface area contributed by atoms with Gasteiger partial charge in [0, 0.05) is 0 Å². The normalized spacial score (nSPS) is 41.1. The molecule has 3 fully saturated rings. The van der Waals surface area contributed by atoms with Gasteiger partial charge in [0.05, 0.1) is 13.2 Å². The highest BCUT2D eigenvalue weighted by molar-refractivity contribution is 4.99. The first kappa shape index (κ1) is 17.3. The van der Waals surface area contributed by atoms with Crippen LogP contribution in [0, 0.1) is 0 Å². The molecule has 6 nitrogen and oxygen atoms in total. The molecule has 0 N–H and O–H groups in total. The number of rotatable bonds is 5. The number of fused-ring (bicyclic) bond motifs is 3. The summed E-state index contributed by atoms with van der Waals surface area (Å²) in [7, 11) is 0. The van der Waals surface area contributed by atoms with Crippen molar-refractivity contribution in [2.75, 3.05) is 13.2 Å². The molecule has 0 radical (unpaired) electrons. The van der Waals surface area contributed by atoms with Crippen LogP contribution in [0.2, 0.25) is 0 Å². The third-order valence-electron chi connectivity index (χ3n) is 4.28. The molecule has 0 unspecified atom stereocenters. The molecule has 23 heavy (non-hydrogen) atoms. The Kier molecular flexibility index (Phi) is 4.84. The van der Waals surface area contributed by atoms with Gasteiger partial charge < -0.3 is 28.4 Å². The second kappa shape index (κ2) is 6.43. The Bertz CT molecular complexity index is 435. The smallest absolute Gasteiger partial charge is 0.187 e. The third kappa shape index (κ3) is 3.78. The summed E-state index contributed by atoms with van der Waals surface area (Å²) in [6, 6.07) is 0. The fourth-order valence-corrected chi connectivity index (χ4v) is 3.30. The van der Waals surface area contributed by atoms with E-state index in [2.05, 4.69) is 6.58 Å². The molecule has 0 bridgehead atoms. The molecule has 0 spiro atoms. The molecule has 132 valence electrons. The average molecular weight is 328 g/mol. The average Bonchev–Trinajstić information content (AvgIpc) is 2.79. The van der Waals surface area contributed by atoms with Gasteiger partial charge in [0.15, 0.2) is 17.9 Å². The lowest BCUT2D eigenvalue weighted by molar-refractivity contribution is -0.370. The predicted molar refractivity (Wildman–Crippen MR) is 82.8 cm³/mol. The summed E-state index contributed by atoms with van der Waals surface area (Å²) in [5.41, 5.74) is 0. The van der Waals surface area contributed by atoms with Gasteiger partial charge in [-0.3, -0.25) is 0 Å². The van der Waals surface area contributed by atoms with Gasteiger partial charge in [-0.2, -0.15) is 0 Å². The van der Waals surface area contributed by atoms with Gasteiger partial charge in [0.1, 0.15) is 24.4 Å². The highest BCUT2D eigenvalue weighted by Gasteiger charge is 2.58. The van der Waals surface area contributed by atoms with Crippen LogP contribution in [0.15, 0.2) is 12.7 Å².